The van der Waals surface area contributed by atoms with Crippen LogP contribution in [0.2, 0.25) is 0 Å². The van der Waals surface area contributed by atoms with E-state index in [2.05, 4.69) is 5.32 Å². The van der Waals surface area contributed by atoms with Gasteiger partial charge in [0, 0.05) is 6.54 Å². The maximum absolute atomic E-state index is 12.9. The van der Waals surface area contributed by atoms with E-state index < -0.39 is 6.10 Å². The second-order valence-electron chi connectivity index (χ2n) is 5.58. The van der Waals surface area contributed by atoms with Crippen LogP contribution in [0.25, 0.3) is 0 Å². The van der Waals surface area contributed by atoms with E-state index >= 15 is 0 Å². The number of rotatable bonds is 9. The lowest BCUT2D eigenvalue weighted by molar-refractivity contribution is -0.127. The molecule has 140 valence electrons. The molecule has 0 unspecified atom stereocenters. The number of benzene rings is 2. The van der Waals surface area contributed by atoms with Gasteiger partial charge in [-0.05, 0) is 62.7 Å². The number of hydrogen-bond acceptors (Lipinski definition) is 4. The molecule has 0 aliphatic rings. The Bertz CT molecular complexity index is 718. The number of carbonyl (C=O) groups is 1. The van der Waals surface area contributed by atoms with Crippen molar-refractivity contribution >= 4 is 5.91 Å². The summed E-state index contributed by atoms with van der Waals surface area (Å²) in [5.41, 5.74) is 0.888. The minimum atomic E-state index is -0.700. The topological polar surface area (TPSA) is 56.8 Å². The van der Waals surface area contributed by atoms with Gasteiger partial charge in [-0.3, -0.25) is 4.79 Å². The van der Waals surface area contributed by atoms with Crippen molar-refractivity contribution in [2.45, 2.75) is 33.4 Å². The van der Waals surface area contributed by atoms with Gasteiger partial charge in [0.25, 0.3) is 5.91 Å². The van der Waals surface area contributed by atoms with Crippen molar-refractivity contribution in [3.8, 4) is 17.2 Å². The first kappa shape index (κ1) is 19.6. The van der Waals surface area contributed by atoms with Crippen LogP contribution in [-0.4, -0.2) is 25.2 Å². The summed E-state index contributed by atoms with van der Waals surface area (Å²) < 4.78 is 29.5. The Morgan fingerprint density at radius 2 is 1.69 bits per heavy atom. The molecule has 0 spiro atoms. The van der Waals surface area contributed by atoms with Crippen LogP contribution >= 0.6 is 0 Å². The number of carbonyl (C=O) groups excluding carboxylic acids is 1. The van der Waals surface area contributed by atoms with E-state index in [4.69, 9.17) is 14.2 Å². The van der Waals surface area contributed by atoms with Gasteiger partial charge in [-0.1, -0.05) is 6.07 Å². The molecule has 0 saturated heterocycles. The van der Waals surface area contributed by atoms with E-state index in [1.54, 1.807) is 6.92 Å². The van der Waals surface area contributed by atoms with Crippen molar-refractivity contribution < 1.29 is 23.4 Å². The average Bonchev–Trinajstić information content (AvgIpc) is 2.63. The van der Waals surface area contributed by atoms with Gasteiger partial charge in [0.05, 0.1) is 13.2 Å². The van der Waals surface area contributed by atoms with Crippen molar-refractivity contribution in [2.75, 3.05) is 13.2 Å². The summed E-state index contributed by atoms with van der Waals surface area (Å²) in [5.74, 6) is 1.15. The van der Waals surface area contributed by atoms with Crippen LogP contribution in [0.15, 0.2) is 42.5 Å². The molecule has 2 aromatic rings. The third kappa shape index (κ3) is 5.65. The molecule has 5 nitrogen and oxygen atoms in total. The highest BCUT2D eigenvalue weighted by atomic mass is 19.1. The summed E-state index contributed by atoms with van der Waals surface area (Å²) in [4.78, 5) is 12.2. The lowest BCUT2D eigenvalue weighted by atomic mass is 10.2. The first-order valence-electron chi connectivity index (χ1n) is 8.62. The van der Waals surface area contributed by atoms with Gasteiger partial charge in [0.1, 0.15) is 11.6 Å². The smallest absolute Gasteiger partial charge is 0.261 e. The first-order chi connectivity index (χ1) is 12.5. The molecule has 0 heterocycles. The highest BCUT2D eigenvalue weighted by molar-refractivity contribution is 5.80. The molecule has 1 N–H and O–H groups in total. The zero-order valence-corrected chi connectivity index (χ0v) is 15.3. The molecule has 0 aliphatic carbocycles. The summed E-state index contributed by atoms with van der Waals surface area (Å²) in [6.45, 7) is 6.86. The van der Waals surface area contributed by atoms with Crippen LogP contribution in [0.5, 0.6) is 17.2 Å². The normalized spacial score (nSPS) is 11.5. The van der Waals surface area contributed by atoms with Gasteiger partial charge in [-0.25, -0.2) is 4.39 Å². The lowest BCUT2D eigenvalue weighted by Crippen LogP contribution is -2.35. The second kappa shape index (κ2) is 9.65. The van der Waals surface area contributed by atoms with Crippen LogP contribution in [-0.2, 0) is 11.3 Å². The van der Waals surface area contributed by atoms with Crippen LogP contribution in [0.3, 0.4) is 0 Å². The Morgan fingerprint density at radius 3 is 2.35 bits per heavy atom. The predicted octanol–water partition coefficient (Wildman–Crippen LogP) is 3.71. The molecule has 0 aliphatic heterocycles. The quantitative estimate of drug-likeness (QED) is 0.740. The van der Waals surface area contributed by atoms with Crippen LogP contribution in [0.4, 0.5) is 4.39 Å². The fourth-order valence-corrected chi connectivity index (χ4v) is 2.31. The minimum Gasteiger partial charge on any atom is -0.490 e. The Kier molecular flexibility index (Phi) is 7.26. The third-order valence-electron chi connectivity index (χ3n) is 3.57. The van der Waals surface area contributed by atoms with Crippen molar-refractivity contribution in [3.05, 3.63) is 53.8 Å². The molecule has 6 heteroatoms. The number of halogens is 1. The van der Waals surface area contributed by atoms with Gasteiger partial charge in [0.15, 0.2) is 17.6 Å². The molecule has 0 saturated carbocycles. The Labute approximate surface area is 153 Å². The number of amides is 1. The van der Waals surface area contributed by atoms with E-state index in [0.29, 0.717) is 37.0 Å². The highest BCUT2D eigenvalue weighted by Crippen LogP contribution is 2.28. The standard InChI is InChI=1S/C20H24FNO4/c1-4-24-18-11-6-15(12-19(18)25-5-2)13-22-20(23)14(3)26-17-9-7-16(21)8-10-17/h6-12,14H,4-5,13H2,1-3H3,(H,22,23)/t14-/m0/s1. The van der Waals surface area contributed by atoms with Gasteiger partial charge >= 0.3 is 0 Å². The second-order valence-corrected chi connectivity index (χ2v) is 5.58. The van der Waals surface area contributed by atoms with Gasteiger partial charge < -0.3 is 19.5 Å². The van der Waals surface area contributed by atoms with Crippen molar-refractivity contribution in [2.24, 2.45) is 0 Å². The van der Waals surface area contributed by atoms with Gasteiger partial charge in [0.2, 0.25) is 0 Å². The lowest BCUT2D eigenvalue weighted by Gasteiger charge is -2.16. The largest absolute Gasteiger partial charge is 0.490 e. The summed E-state index contributed by atoms with van der Waals surface area (Å²) in [6.07, 6.45) is -0.700. The van der Waals surface area contributed by atoms with Crippen molar-refractivity contribution in [3.63, 3.8) is 0 Å². The number of nitrogens with one attached hydrogen (secondary N) is 1. The highest BCUT2D eigenvalue weighted by Gasteiger charge is 2.15. The predicted molar refractivity (Wildman–Crippen MR) is 97.1 cm³/mol. The molecule has 2 rings (SSSR count). The maximum Gasteiger partial charge on any atom is 0.261 e. The molecule has 0 fully saturated rings. The Hall–Kier alpha value is -2.76. The molecule has 1 atom stereocenters. The van der Waals surface area contributed by atoms with Crippen LogP contribution in [0, 0.1) is 5.82 Å². The number of ether oxygens (including phenoxy) is 3. The van der Waals surface area contributed by atoms with Crippen LogP contribution in [0.1, 0.15) is 26.3 Å². The summed E-state index contributed by atoms with van der Waals surface area (Å²) >= 11 is 0. The van der Waals surface area contributed by atoms with E-state index in [-0.39, 0.29) is 11.7 Å². The summed E-state index contributed by atoms with van der Waals surface area (Å²) in [5, 5.41) is 2.82. The molecular weight excluding hydrogens is 337 g/mol. The minimum absolute atomic E-state index is 0.263. The van der Waals surface area contributed by atoms with E-state index in [1.165, 1.54) is 24.3 Å². The van der Waals surface area contributed by atoms with E-state index in [0.717, 1.165) is 5.56 Å². The molecule has 0 radical (unpaired) electrons. The molecular formula is C20H24FNO4. The zero-order chi connectivity index (χ0) is 18.9. The van der Waals surface area contributed by atoms with Crippen LogP contribution < -0.4 is 19.5 Å². The average molecular weight is 361 g/mol. The Morgan fingerprint density at radius 1 is 1.04 bits per heavy atom. The van der Waals surface area contributed by atoms with Crippen molar-refractivity contribution in [1.82, 2.24) is 5.32 Å². The van der Waals surface area contributed by atoms with E-state index in [9.17, 15) is 9.18 Å². The monoisotopic (exact) mass is 361 g/mol. The van der Waals surface area contributed by atoms with Gasteiger partial charge in [-0.15, -0.1) is 0 Å². The zero-order valence-electron chi connectivity index (χ0n) is 15.3. The van der Waals surface area contributed by atoms with Gasteiger partial charge in [-0.2, -0.15) is 0 Å². The maximum atomic E-state index is 12.9. The third-order valence-corrected chi connectivity index (χ3v) is 3.57. The summed E-state index contributed by atoms with van der Waals surface area (Å²) in [7, 11) is 0. The SMILES string of the molecule is CCOc1ccc(CNC(=O)[C@H](C)Oc2ccc(F)cc2)cc1OCC. The fraction of sp³-hybridized carbons (Fsp3) is 0.350. The molecule has 26 heavy (non-hydrogen) atoms. The first-order valence-corrected chi connectivity index (χ1v) is 8.62. The molecule has 0 bridgehead atoms. The fourth-order valence-electron chi connectivity index (χ4n) is 2.31. The Balaban J connectivity index is 1.93. The molecule has 2 aromatic carbocycles. The molecule has 0 aromatic heterocycles. The van der Waals surface area contributed by atoms with Crippen molar-refractivity contribution in [1.29, 1.82) is 0 Å². The van der Waals surface area contributed by atoms with E-state index in [1.807, 2.05) is 32.0 Å². The number of hydrogen-bond donors (Lipinski definition) is 1. The molecule has 1 amide bonds. The summed E-state index contributed by atoms with van der Waals surface area (Å²) in [6, 6.07) is 11.1.